The smallest absolute Gasteiger partial charge is 0.434 e. The lowest BCUT2D eigenvalue weighted by molar-refractivity contribution is 0.0470. The normalized spacial score (nSPS) is 10.0. The van der Waals surface area contributed by atoms with E-state index in [2.05, 4.69) is 6.92 Å². The first-order valence-corrected chi connectivity index (χ1v) is 4.25. The van der Waals surface area contributed by atoms with Gasteiger partial charge in [0.2, 0.25) is 0 Å². The van der Waals surface area contributed by atoms with Gasteiger partial charge in [0.15, 0.2) is 0 Å². The highest BCUT2D eigenvalue weighted by molar-refractivity contribution is 5.59. The molecule has 0 aromatic heterocycles. The van der Waals surface area contributed by atoms with Crippen LogP contribution in [0, 0.1) is 12.8 Å². The monoisotopic (exact) mass is 173 g/mol. The fourth-order valence-electron chi connectivity index (χ4n) is 0.534. The molecule has 0 spiro atoms. The summed E-state index contributed by atoms with van der Waals surface area (Å²) in [6.07, 6.45) is 0.992. The fourth-order valence-corrected chi connectivity index (χ4v) is 0.534. The molecule has 0 aromatic rings. The van der Waals surface area contributed by atoms with E-state index in [-0.39, 0.29) is 0 Å². The molecule has 0 heterocycles. The zero-order valence-corrected chi connectivity index (χ0v) is 7.84. The van der Waals surface area contributed by atoms with Crippen LogP contribution in [0.5, 0.6) is 0 Å². The molecule has 71 valence electrons. The van der Waals surface area contributed by atoms with Gasteiger partial charge in [0.05, 0.1) is 13.2 Å². The van der Waals surface area contributed by atoms with Crippen LogP contribution in [0.15, 0.2) is 0 Å². The molecular formula is C9H17O3. The minimum Gasteiger partial charge on any atom is -0.434 e. The lowest BCUT2D eigenvalue weighted by Crippen LogP contribution is -2.12. The Kier molecular flexibility index (Phi) is 6.53. The summed E-state index contributed by atoms with van der Waals surface area (Å²) >= 11 is 0. The number of carbonyl (C=O) groups excluding carboxylic acids is 1. The first kappa shape index (κ1) is 11.3. The summed E-state index contributed by atoms with van der Waals surface area (Å²) in [5.41, 5.74) is 0. The largest absolute Gasteiger partial charge is 0.508 e. The minimum absolute atomic E-state index is 0.352. The van der Waals surface area contributed by atoms with E-state index in [1.807, 2.05) is 13.8 Å². The summed E-state index contributed by atoms with van der Waals surface area (Å²) in [6.45, 7) is 8.40. The number of rotatable bonds is 5. The molecule has 0 amide bonds. The van der Waals surface area contributed by atoms with Gasteiger partial charge >= 0.3 is 6.16 Å². The summed E-state index contributed by atoms with van der Waals surface area (Å²) in [5, 5.41) is 0. The van der Waals surface area contributed by atoms with Crippen LogP contribution in [0.1, 0.15) is 26.7 Å². The molecule has 0 fully saturated rings. The molecule has 3 nitrogen and oxygen atoms in total. The van der Waals surface area contributed by atoms with Gasteiger partial charge in [-0.05, 0) is 12.3 Å². The zero-order chi connectivity index (χ0) is 9.40. The SMILES string of the molecule is [CH2]CCCOC(=O)OCC(C)C. The molecule has 0 unspecified atom stereocenters. The molecule has 0 aromatic carbocycles. The van der Waals surface area contributed by atoms with Crippen LogP contribution < -0.4 is 0 Å². The van der Waals surface area contributed by atoms with Gasteiger partial charge in [-0.3, -0.25) is 0 Å². The second kappa shape index (κ2) is 6.95. The Morgan fingerprint density at radius 2 is 2.08 bits per heavy atom. The summed E-state index contributed by atoms with van der Waals surface area (Å²) in [7, 11) is 0. The van der Waals surface area contributed by atoms with Gasteiger partial charge in [-0.25, -0.2) is 4.79 Å². The zero-order valence-electron chi connectivity index (χ0n) is 7.84. The van der Waals surface area contributed by atoms with E-state index in [1.165, 1.54) is 0 Å². The number of carbonyl (C=O) groups is 1. The Morgan fingerprint density at radius 1 is 1.42 bits per heavy atom. The summed E-state index contributed by atoms with van der Waals surface area (Å²) in [4.78, 5) is 10.8. The third-order valence-electron chi connectivity index (χ3n) is 1.15. The van der Waals surface area contributed by atoms with E-state index in [4.69, 9.17) is 9.47 Å². The van der Waals surface area contributed by atoms with E-state index >= 15 is 0 Å². The Hall–Kier alpha value is -0.730. The predicted molar refractivity (Wildman–Crippen MR) is 46.7 cm³/mol. The van der Waals surface area contributed by atoms with E-state index in [9.17, 15) is 4.79 Å². The van der Waals surface area contributed by atoms with Crippen LogP contribution in [0.2, 0.25) is 0 Å². The van der Waals surface area contributed by atoms with Crippen molar-refractivity contribution >= 4 is 6.16 Å². The standard InChI is InChI=1S/C9H17O3/c1-4-5-6-11-9(10)12-7-8(2)3/h8H,1,4-7H2,2-3H3. The van der Waals surface area contributed by atoms with E-state index in [1.54, 1.807) is 0 Å². The number of ether oxygens (including phenoxy) is 2. The third kappa shape index (κ3) is 7.38. The van der Waals surface area contributed by atoms with Crippen molar-refractivity contribution in [1.82, 2.24) is 0 Å². The predicted octanol–water partition coefficient (Wildman–Crippen LogP) is 2.41. The Bertz CT molecular complexity index is 121. The van der Waals surface area contributed by atoms with Crippen molar-refractivity contribution in [2.75, 3.05) is 13.2 Å². The second-order valence-electron chi connectivity index (χ2n) is 3.01. The molecular weight excluding hydrogens is 156 g/mol. The topological polar surface area (TPSA) is 35.5 Å². The van der Waals surface area contributed by atoms with Crippen molar-refractivity contribution in [2.45, 2.75) is 26.7 Å². The molecule has 0 aliphatic rings. The van der Waals surface area contributed by atoms with Gasteiger partial charge in [-0.2, -0.15) is 0 Å². The van der Waals surface area contributed by atoms with Gasteiger partial charge < -0.3 is 9.47 Å². The summed E-state index contributed by atoms with van der Waals surface area (Å²) in [6, 6.07) is 0. The van der Waals surface area contributed by atoms with Crippen LogP contribution in [0.25, 0.3) is 0 Å². The number of hydrogen-bond acceptors (Lipinski definition) is 3. The first-order chi connectivity index (χ1) is 5.66. The fraction of sp³-hybridized carbons (Fsp3) is 0.778. The van der Waals surface area contributed by atoms with E-state index in [0.29, 0.717) is 19.1 Å². The third-order valence-corrected chi connectivity index (χ3v) is 1.15. The van der Waals surface area contributed by atoms with Crippen molar-refractivity contribution in [1.29, 1.82) is 0 Å². The van der Waals surface area contributed by atoms with Crippen molar-refractivity contribution in [3.63, 3.8) is 0 Å². The number of unbranched alkanes of at least 4 members (excludes halogenated alkanes) is 1. The summed E-state index contributed by atoms with van der Waals surface area (Å²) in [5.74, 6) is 0.352. The van der Waals surface area contributed by atoms with Crippen molar-refractivity contribution < 1.29 is 14.3 Å². The van der Waals surface area contributed by atoms with Crippen LogP contribution in [0.4, 0.5) is 4.79 Å². The number of hydrogen-bond donors (Lipinski definition) is 0. The van der Waals surface area contributed by atoms with Gasteiger partial charge in [-0.1, -0.05) is 27.2 Å². The van der Waals surface area contributed by atoms with E-state index in [0.717, 1.165) is 12.8 Å². The maximum atomic E-state index is 10.8. The van der Waals surface area contributed by atoms with Gasteiger partial charge in [-0.15, -0.1) is 0 Å². The first-order valence-electron chi connectivity index (χ1n) is 4.25. The maximum Gasteiger partial charge on any atom is 0.508 e. The Morgan fingerprint density at radius 3 is 2.58 bits per heavy atom. The van der Waals surface area contributed by atoms with Gasteiger partial charge in [0.1, 0.15) is 0 Å². The molecule has 1 radical (unpaired) electrons. The van der Waals surface area contributed by atoms with Crippen molar-refractivity contribution in [3.8, 4) is 0 Å². The maximum absolute atomic E-state index is 10.8. The highest BCUT2D eigenvalue weighted by Gasteiger charge is 2.03. The molecule has 0 rings (SSSR count). The molecule has 0 saturated carbocycles. The van der Waals surface area contributed by atoms with Gasteiger partial charge in [0.25, 0.3) is 0 Å². The second-order valence-corrected chi connectivity index (χ2v) is 3.01. The van der Waals surface area contributed by atoms with E-state index < -0.39 is 6.16 Å². The van der Waals surface area contributed by atoms with Gasteiger partial charge in [0, 0.05) is 0 Å². The molecule has 12 heavy (non-hydrogen) atoms. The van der Waals surface area contributed by atoms with Crippen LogP contribution in [-0.2, 0) is 9.47 Å². The highest BCUT2D eigenvalue weighted by atomic mass is 16.7. The molecule has 0 aliphatic heterocycles. The van der Waals surface area contributed by atoms with Crippen molar-refractivity contribution in [3.05, 3.63) is 6.92 Å². The lowest BCUT2D eigenvalue weighted by Gasteiger charge is -2.06. The molecule has 0 atom stereocenters. The Labute approximate surface area is 74.0 Å². The molecule has 0 N–H and O–H groups in total. The van der Waals surface area contributed by atoms with Crippen LogP contribution in [0.3, 0.4) is 0 Å². The summed E-state index contributed by atoms with van der Waals surface area (Å²) < 4.78 is 9.50. The molecule has 0 bridgehead atoms. The minimum atomic E-state index is -0.572. The highest BCUT2D eigenvalue weighted by Crippen LogP contribution is 1.96. The van der Waals surface area contributed by atoms with Crippen LogP contribution in [-0.4, -0.2) is 19.4 Å². The lowest BCUT2D eigenvalue weighted by atomic mass is 10.2. The van der Waals surface area contributed by atoms with Crippen LogP contribution >= 0.6 is 0 Å². The quantitative estimate of drug-likeness (QED) is 0.473. The van der Waals surface area contributed by atoms with Crippen molar-refractivity contribution in [2.24, 2.45) is 5.92 Å². The molecule has 0 saturated heterocycles. The average Bonchev–Trinajstić information content (AvgIpc) is 2.01. The average molecular weight is 173 g/mol. The molecule has 0 aliphatic carbocycles. The Balaban J connectivity index is 3.22. The molecule has 3 heteroatoms.